The third-order valence-electron chi connectivity index (χ3n) is 5.80. The second-order valence-electron chi connectivity index (χ2n) is 8.05. The number of nitrogens with zero attached hydrogens (tertiary/aromatic N) is 2. The van der Waals surface area contributed by atoms with Gasteiger partial charge in [0.2, 0.25) is 0 Å². The largest absolute Gasteiger partial charge is 0.496 e. The molecule has 3 aromatic rings. The number of carbonyl (C=O) groups excluding carboxylic acids is 1. The van der Waals surface area contributed by atoms with Crippen molar-refractivity contribution in [3.05, 3.63) is 89.6 Å². The molecule has 0 bridgehead atoms. The maximum Gasteiger partial charge on any atom is 0.338 e. The summed E-state index contributed by atoms with van der Waals surface area (Å²) in [4.78, 5) is 32.3. The Morgan fingerprint density at radius 3 is 2.56 bits per heavy atom. The van der Waals surface area contributed by atoms with Crippen molar-refractivity contribution >= 4 is 35.0 Å². The van der Waals surface area contributed by atoms with Crippen LogP contribution in [0.2, 0.25) is 5.02 Å². The molecule has 2 heterocycles. The molecule has 0 saturated carbocycles. The van der Waals surface area contributed by atoms with E-state index in [1.165, 1.54) is 11.3 Å². The van der Waals surface area contributed by atoms with Crippen LogP contribution in [-0.2, 0) is 9.53 Å². The van der Waals surface area contributed by atoms with Gasteiger partial charge in [0.05, 0.1) is 41.7 Å². The Hall–Kier alpha value is -3.36. The fraction of sp³-hybridized carbons (Fsp3) is 0.296. The third kappa shape index (κ3) is 4.83. The standard InChI is InChI=1S/C27H27ClN2O5S/c1-5-9-19-23(26(32)35-6-2)24(17-10-7-8-11-20(17)33-3)30-25(31)22(36-27(30)29-19)15-16-12-13-21(34-4)18(28)14-16/h7-8,10-15,24H,5-6,9H2,1-4H3/b22-15+/t24-/m0/s1. The van der Waals surface area contributed by atoms with Gasteiger partial charge in [0.1, 0.15) is 17.5 Å². The van der Waals surface area contributed by atoms with Crippen molar-refractivity contribution in [3.63, 3.8) is 0 Å². The van der Waals surface area contributed by atoms with Gasteiger partial charge in [0, 0.05) is 5.56 Å². The van der Waals surface area contributed by atoms with Crippen molar-refractivity contribution in [1.82, 2.24) is 4.57 Å². The maximum atomic E-state index is 13.8. The van der Waals surface area contributed by atoms with E-state index in [-0.39, 0.29) is 12.2 Å². The fourth-order valence-electron chi connectivity index (χ4n) is 4.23. The van der Waals surface area contributed by atoms with Gasteiger partial charge in [0.15, 0.2) is 4.80 Å². The normalized spacial score (nSPS) is 15.4. The lowest BCUT2D eigenvalue weighted by Crippen LogP contribution is -2.40. The van der Waals surface area contributed by atoms with Crippen LogP contribution in [-0.4, -0.2) is 31.4 Å². The van der Waals surface area contributed by atoms with Gasteiger partial charge < -0.3 is 14.2 Å². The maximum absolute atomic E-state index is 13.8. The highest BCUT2D eigenvalue weighted by molar-refractivity contribution is 7.07. The zero-order chi connectivity index (χ0) is 25.8. The highest BCUT2D eigenvalue weighted by Gasteiger charge is 2.35. The lowest BCUT2D eigenvalue weighted by Gasteiger charge is -2.26. The first-order chi connectivity index (χ1) is 17.4. The van der Waals surface area contributed by atoms with Gasteiger partial charge >= 0.3 is 5.97 Å². The Morgan fingerprint density at radius 1 is 1.14 bits per heavy atom. The van der Waals surface area contributed by atoms with Crippen molar-refractivity contribution in [2.45, 2.75) is 32.7 Å². The topological polar surface area (TPSA) is 79.1 Å². The van der Waals surface area contributed by atoms with Gasteiger partial charge in [-0.1, -0.05) is 60.5 Å². The first-order valence-corrected chi connectivity index (χ1v) is 12.8. The predicted molar refractivity (Wildman–Crippen MR) is 141 cm³/mol. The third-order valence-corrected chi connectivity index (χ3v) is 7.08. The minimum Gasteiger partial charge on any atom is -0.496 e. The highest BCUT2D eigenvalue weighted by atomic mass is 35.5. The molecule has 0 saturated heterocycles. The van der Waals surface area contributed by atoms with Crippen LogP contribution in [0.25, 0.3) is 6.08 Å². The summed E-state index contributed by atoms with van der Waals surface area (Å²) in [6.45, 7) is 3.99. The number of aromatic nitrogens is 1. The molecular formula is C27H27ClN2O5S. The summed E-state index contributed by atoms with van der Waals surface area (Å²) in [6, 6.07) is 12.0. The molecule has 9 heteroatoms. The number of halogens is 1. The SMILES string of the molecule is CCCC1=C(C(=O)OCC)[C@H](c2ccccc2OC)n2c(s/c(=C/c3ccc(OC)c(Cl)c3)c2=O)=N1. The van der Waals surface area contributed by atoms with Crippen LogP contribution in [0.1, 0.15) is 43.9 Å². The lowest BCUT2D eigenvalue weighted by atomic mass is 9.93. The van der Waals surface area contributed by atoms with Crippen LogP contribution in [0.15, 0.2) is 63.5 Å². The molecule has 4 rings (SSSR count). The Labute approximate surface area is 217 Å². The number of allylic oxidation sites excluding steroid dienone is 1. The Balaban J connectivity index is 2.00. The Morgan fingerprint density at radius 2 is 1.89 bits per heavy atom. The number of ether oxygens (including phenoxy) is 3. The van der Waals surface area contributed by atoms with Gasteiger partial charge in [-0.05, 0) is 43.2 Å². The van der Waals surface area contributed by atoms with Crippen molar-refractivity contribution < 1.29 is 19.0 Å². The number of methoxy groups -OCH3 is 2. The van der Waals surface area contributed by atoms with E-state index in [1.54, 1.807) is 43.9 Å². The van der Waals surface area contributed by atoms with E-state index in [0.717, 1.165) is 12.0 Å². The second kappa shape index (κ2) is 11.1. The number of fused-ring (bicyclic) bond motifs is 1. The average molecular weight is 527 g/mol. The van der Waals surface area contributed by atoms with Crippen LogP contribution in [0.4, 0.5) is 0 Å². The van der Waals surface area contributed by atoms with Crippen molar-refractivity contribution in [2.75, 3.05) is 20.8 Å². The number of thiazole rings is 1. The Kier molecular flexibility index (Phi) is 7.96. The molecular weight excluding hydrogens is 500 g/mol. The van der Waals surface area contributed by atoms with E-state index >= 15 is 0 Å². The summed E-state index contributed by atoms with van der Waals surface area (Å²) in [5.74, 6) is 0.630. The summed E-state index contributed by atoms with van der Waals surface area (Å²) in [5, 5.41) is 0.445. The number of hydrogen-bond acceptors (Lipinski definition) is 7. The van der Waals surface area contributed by atoms with Gasteiger partial charge in [-0.3, -0.25) is 9.36 Å². The fourth-order valence-corrected chi connectivity index (χ4v) is 5.52. The molecule has 0 unspecified atom stereocenters. The summed E-state index contributed by atoms with van der Waals surface area (Å²) < 4.78 is 18.3. The van der Waals surface area contributed by atoms with Crippen LogP contribution in [0.5, 0.6) is 11.5 Å². The quantitative estimate of drug-likeness (QED) is 0.410. The second-order valence-corrected chi connectivity index (χ2v) is 9.47. The minimum absolute atomic E-state index is 0.211. The number of benzene rings is 2. The molecule has 2 aromatic carbocycles. The molecule has 1 aliphatic heterocycles. The van der Waals surface area contributed by atoms with Gasteiger partial charge in [-0.2, -0.15) is 0 Å². The summed E-state index contributed by atoms with van der Waals surface area (Å²) >= 11 is 7.56. The molecule has 36 heavy (non-hydrogen) atoms. The zero-order valence-corrected chi connectivity index (χ0v) is 22.1. The molecule has 0 radical (unpaired) electrons. The highest BCUT2D eigenvalue weighted by Crippen LogP contribution is 2.36. The van der Waals surface area contributed by atoms with Crippen molar-refractivity contribution in [2.24, 2.45) is 4.99 Å². The average Bonchev–Trinajstić information content (AvgIpc) is 3.18. The van der Waals surface area contributed by atoms with E-state index in [1.807, 2.05) is 37.3 Å². The molecule has 1 aromatic heterocycles. The van der Waals surface area contributed by atoms with Gasteiger partial charge in [0.25, 0.3) is 5.56 Å². The van der Waals surface area contributed by atoms with E-state index in [2.05, 4.69) is 0 Å². The number of hydrogen-bond donors (Lipinski definition) is 0. The first-order valence-electron chi connectivity index (χ1n) is 11.6. The lowest BCUT2D eigenvalue weighted by molar-refractivity contribution is -0.139. The molecule has 0 spiro atoms. The van der Waals surface area contributed by atoms with Gasteiger partial charge in [-0.25, -0.2) is 9.79 Å². The predicted octanol–water partition coefficient (Wildman–Crippen LogP) is 4.25. The number of para-hydroxylation sites is 1. The first kappa shape index (κ1) is 25.7. The molecule has 0 aliphatic carbocycles. The minimum atomic E-state index is -0.736. The van der Waals surface area contributed by atoms with Crippen LogP contribution >= 0.6 is 22.9 Å². The molecule has 7 nitrogen and oxygen atoms in total. The molecule has 0 amide bonds. The van der Waals surface area contributed by atoms with E-state index in [9.17, 15) is 9.59 Å². The summed E-state index contributed by atoms with van der Waals surface area (Å²) in [7, 11) is 3.11. The van der Waals surface area contributed by atoms with E-state index < -0.39 is 12.0 Å². The molecule has 188 valence electrons. The number of esters is 1. The van der Waals surface area contributed by atoms with E-state index in [4.69, 9.17) is 30.8 Å². The van der Waals surface area contributed by atoms with Crippen LogP contribution in [0.3, 0.4) is 0 Å². The zero-order valence-electron chi connectivity index (χ0n) is 20.5. The molecule has 0 N–H and O–H groups in total. The van der Waals surface area contributed by atoms with Crippen molar-refractivity contribution in [3.8, 4) is 11.5 Å². The van der Waals surface area contributed by atoms with Gasteiger partial charge in [-0.15, -0.1) is 0 Å². The number of carbonyl (C=O) groups is 1. The van der Waals surface area contributed by atoms with Crippen LogP contribution in [0, 0.1) is 0 Å². The molecule has 0 fully saturated rings. The summed E-state index contributed by atoms with van der Waals surface area (Å²) in [6.07, 6.45) is 3.11. The van der Waals surface area contributed by atoms with E-state index in [0.29, 0.717) is 49.1 Å². The monoisotopic (exact) mass is 526 g/mol. The smallest absolute Gasteiger partial charge is 0.338 e. The number of rotatable bonds is 8. The molecule has 1 aliphatic rings. The summed E-state index contributed by atoms with van der Waals surface area (Å²) in [5.41, 5.74) is 2.14. The molecule has 1 atom stereocenters. The van der Waals surface area contributed by atoms with Crippen molar-refractivity contribution in [1.29, 1.82) is 0 Å². The Bertz CT molecular complexity index is 1510. The van der Waals surface area contributed by atoms with Crippen LogP contribution < -0.4 is 24.4 Å².